The third-order valence-corrected chi connectivity index (χ3v) is 5.19. The average Bonchev–Trinajstić information content (AvgIpc) is 3.18. The van der Waals surface area contributed by atoms with Crippen LogP contribution in [0.3, 0.4) is 0 Å². The molecule has 0 aliphatic carbocycles. The molecule has 4 rings (SSSR count). The van der Waals surface area contributed by atoms with Crippen LogP contribution in [-0.4, -0.2) is 61.4 Å². The smallest absolute Gasteiger partial charge is 0.410 e. The number of piperidine rings is 1. The Morgan fingerprint density at radius 2 is 2.00 bits per heavy atom. The number of fused-ring (bicyclic) bond motifs is 1. The Kier molecular flexibility index (Phi) is 5.38. The molecule has 0 aromatic carbocycles. The van der Waals surface area contributed by atoms with Crippen molar-refractivity contribution in [3.63, 3.8) is 0 Å². The minimum Gasteiger partial charge on any atom is -0.481 e. The Morgan fingerprint density at radius 3 is 2.68 bits per heavy atom. The highest BCUT2D eigenvalue weighted by atomic mass is 16.6. The largest absolute Gasteiger partial charge is 0.481 e. The quantitative estimate of drug-likeness (QED) is 0.684. The van der Waals surface area contributed by atoms with Gasteiger partial charge in [-0.25, -0.2) is 9.78 Å². The zero-order chi connectivity index (χ0) is 22.2. The molecule has 1 amide bonds. The number of H-pyrrole nitrogens is 1. The molecule has 1 aliphatic heterocycles. The van der Waals surface area contributed by atoms with Crippen molar-refractivity contribution < 1.29 is 14.3 Å². The van der Waals surface area contributed by atoms with E-state index >= 15 is 0 Å². The first-order valence-electron chi connectivity index (χ1n) is 10.2. The molecule has 10 nitrogen and oxygen atoms in total. The fourth-order valence-corrected chi connectivity index (χ4v) is 3.65. The van der Waals surface area contributed by atoms with Crippen LogP contribution < -0.4 is 10.3 Å². The molecule has 0 radical (unpaired) electrons. The number of likely N-dealkylation sites (tertiary alicyclic amines) is 1. The summed E-state index contributed by atoms with van der Waals surface area (Å²) in [5, 5.41) is 4.39. The summed E-state index contributed by atoms with van der Waals surface area (Å²) in [6, 6.07) is 3.47. The van der Waals surface area contributed by atoms with E-state index in [0.717, 1.165) is 0 Å². The van der Waals surface area contributed by atoms with E-state index in [2.05, 4.69) is 20.1 Å². The van der Waals surface area contributed by atoms with E-state index in [1.165, 1.54) is 11.6 Å². The van der Waals surface area contributed by atoms with E-state index in [1.807, 2.05) is 20.8 Å². The van der Waals surface area contributed by atoms with Crippen LogP contribution in [-0.2, 0) is 4.74 Å². The molecule has 0 bridgehead atoms. The van der Waals surface area contributed by atoms with E-state index < -0.39 is 5.60 Å². The van der Waals surface area contributed by atoms with Crippen molar-refractivity contribution >= 4 is 11.9 Å². The Bertz CT molecular complexity index is 1150. The van der Waals surface area contributed by atoms with Gasteiger partial charge < -0.3 is 19.4 Å². The first kappa shape index (κ1) is 20.8. The van der Waals surface area contributed by atoms with Crippen molar-refractivity contribution in [2.24, 2.45) is 0 Å². The van der Waals surface area contributed by atoms with E-state index in [-0.39, 0.29) is 17.6 Å². The van der Waals surface area contributed by atoms with Gasteiger partial charge in [-0.15, -0.1) is 5.10 Å². The Labute approximate surface area is 179 Å². The maximum absolute atomic E-state index is 13.1. The summed E-state index contributed by atoms with van der Waals surface area (Å²) in [5.41, 5.74) is 0.611. The van der Waals surface area contributed by atoms with E-state index in [9.17, 15) is 9.59 Å². The number of pyridine rings is 1. The van der Waals surface area contributed by atoms with Gasteiger partial charge in [0.2, 0.25) is 11.7 Å². The normalized spacial score (nSPS) is 15.3. The maximum atomic E-state index is 13.1. The average molecular weight is 426 g/mol. The van der Waals surface area contributed by atoms with Crippen LogP contribution in [0.1, 0.15) is 45.1 Å². The molecular weight excluding hydrogens is 400 g/mol. The fraction of sp³-hybridized carbons (Fsp3) is 0.476. The molecule has 3 aromatic rings. The second kappa shape index (κ2) is 8.01. The van der Waals surface area contributed by atoms with Crippen LogP contribution in [0.4, 0.5) is 4.79 Å². The number of aromatic nitrogens is 5. The van der Waals surface area contributed by atoms with Crippen LogP contribution in [0.25, 0.3) is 17.2 Å². The minimum atomic E-state index is -0.528. The topological polar surface area (TPSA) is 115 Å². The summed E-state index contributed by atoms with van der Waals surface area (Å²) < 4.78 is 11.9. The predicted octanol–water partition coefficient (Wildman–Crippen LogP) is 2.60. The van der Waals surface area contributed by atoms with Crippen molar-refractivity contribution in [3.8, 4) is 17.3 Å². The van der Waals surface area contributed by atoms with Gasteiger partial charge in [0.05, 0.1) is 7.11 Å². The predicted molar refractivity (Wildman–Crippen MR) is 113 cm³/mol. The zero-order valence-electron chi connectivity index (χ0n) is 18.1. The molecule has 0 unspecified atom stereocenters. The Hall–Kier alpha value is -3.43. The molecule has 3 aromatic heterocycles. The van der Waals surface area contributed by atoms with Crippen LogP contribution in [0.2, 0.25) is 0 Å². The van der Waals surface area contributed by atoms with Crippen molar-refractivity contribution in [1.29, 1.82) is 0 Å². The molecule has 0 spiro atoms. The number of nitrogens with one attached hydrogen (secondary N) is 1. The van der Waals surface area contributed by atoms with Gasteiger partial charge in [0, 0.05) is 42.7 Å². The number of nitrogens with zero attached hydrogens (tertiary/aromatic N) is 5. The summed E-state index contributed by atoms with van der Waals surface area (Å²) in [6.07, 6.45) is 4.35. The number of rotatable bonds is 3. The van der Waals surface area contributed by atoms with Crippen molar-refractivity contribution in [2.75, 3.05) is 20.2 Å². The van der Waals surface area contributed by atoms with Gasteiger partial charge in [-0.05, 0) is 45.6 Å². The molecule has 164 valence electrons. The summed E-state index contributed by atoms with van der Waals surface area (Å²) in [4.78, 5) is 38.6. The van der Waals surface area contributed by atoms with Crippen LogP contribution in [0.15, 0.2) is 29.3 Å². The summed E-state index contributed by atoms with van der Waals surface area (Å²) in [7, 11) is 1.53. The molecule has 0 atom stereocenters. The zero-order valence-corrected chi connectivity index (χ0v) is 18.1. The number of aromatic amines is 1. The van der Waals surface area contributed by atoms with Crippen LogP contribution in [0, 0.1) is 0 Å². The second-order valence-electron chi connectivity index (χ2n) is 8.55. The lowest BCUT2D eigenvalue weighted by molar-refractivity contribution is 0.0204. The highest BCUT2D eigenvalue weighted by Crippen LogP contribution is 2.27. The summed E-state index contributed by atoms with van der Waals surface area (Å²) in [5.74, 6) is 1.25. The lowest BCUT2D eigenvalue weighted by Crippen LogP contribution is -2.42. The SMILES string of the molecule is COc1cc(-c2nc3[nH]cc(C4CCN(C(=O)OC(C)(C)C)CC4)c(=O)n3n2)ccn1. The molecule has 10 heteroatoms. The lowest BCUT2D eigenvalue weighted by atomic mass is 9.91. The van der Waals surface area contributed by atoms with Crippen molar-refractivity contribution in [1.82, 2.24) is 29.5 Å². The number of ether oxygens (including phenoxy) is 2. The van der Waals surface area contributed by atoms with E-state index in [1.54, 1.807) is 29.4 Å². The third kappa shape index (κ3) is 4.37. The van der Waals surface area contributed by atoms with Gasteiger partial charge in [-0.2, -0.15) is 9.50 Å². The second-order valence-corrected chi connectivity index (χ2v) is 8.55. The molecule has 1 N–H and O–H groups in total. The van der Waals surface area contributed by atoms with Gasteiger partial charge in [0.1, 0.15) is 5.60 Å². The van der Waals surface area contributed by atoms with Crippen LogP contribution >= 0.6 is 0 Å². The van der Waals surface area contributed by atoms with Crippen molar-refractivity contribution in [3.05, 3.63) is 40.4 Å². The lowest BCUT2D eigenvalue weighted by Gasteiger charge is -2.33. The van der Waals surface area contributed by atoms with Gasteiger partial charge >= 0.3 is 6.09 Å². The summed E-state index contributed by atoms with van der Waals surface area (Å²) >= 11 is 0. The van der Waals surface area contributed by atoms with E-state index in [0.29, 0.717) is 54.5 Å². The molecule has 0 saturated carbocycles. The number of methoxy groups -OCH3 is 1. The minimum absolute atomic E-state index is 0.0282. The van der Waals surface area contributed by atoms with E-state index in [4.69, 9.17) is 9.47 Å². The van der Waals surface area contributed by atoms with Gasteiger partial charge in [-0.3, -0.25) is 4.79 Å². The number of carbonyl (C=O) groups is 1. The van der Waals surface area contributed by atoms with Crippen molar-refractivity contribution in [2.45, 2.75) is 45.1 Å². The summed E-state index contributed by atoms with van der Waals surface area (Å²) in [6.45, 7) is 6.62. The third-order valence-electron chi connectivity index (χ3n) is 5.19. The van der Waals surface area contributed by atoms with Gasteiger partial charge in [0.15, 0.2) is 5.82 Å². The highest BCUT2D eigenvalue weighted by molar-refractivity contribution is 5.68. The van der Waals surface area contributed by atoms with Gasteiger partial charge in [-0.1, -0.05) is 0 Å². The number of hydrogen-bond donors (Lipinski definition) is 1. The molecule has 31 heavy (non-hydrogen) atoms. The maximum Gasteiger partial charge on any atom is 0.410 e. The molecule has 1 fully saturated rings. The van der Waals surface area contributed by atoms with Gasteiger partial charge in [0.25, 0.3) is 5.56 Å². The Morgan fingerprint density at radius 1 is 1.26 bits per heavy atom. The number of carbonyl (C=O) groups excluding carboxylic acids is 1. The first-order valence-corrected chi connectivity index (χ1v) is 10.2. The standard InChI is InChI=1S/C21H26N6O4/c1-21(2,3)31-20(29)26-9-6-13(7-10-26)15-12-23-19-24-17(25-27(19)18(15)28)14-5-8-22-16(11-14)30-4/h5,8,11-13H,6-7,9-10H2,1-4H3,(H,23,24,25). The molecule has 1 aliphatic rings. The highest BCUT2D eigenvalue weighted by Gasteiger charge is 2.29. The fourth-order valence-electron chi connectivity index (χ4n) is 3.65. The monoisotopic (exact) mass is 426 g/mol. The molecular formula is C21H26N6O4. The first-order chi connectivity index (χ1) is 14.7. The number of hydrogen-bond acceptors (Lipinski definition) is 7. The molecule has 1 saturated heterocycles. The Balaban J connectivity index is 1.54. The number of amides is 1. The molecule has 4 heterocycles. The van der Waals surface area contributed by atoms with Crippen LogP contribution in [0.5, 0.6) is 5.88 Å².